The summed E-state index contributed by atoms with van der Waals surface area (Å²) in [5.74, 6) is 0.175. The van der Waals surface area contributed by atoms with Crippen LogP contribution in [-0.4, -0.2) is 22.7 Å². The van der Waals surface area contributed by atoms with Crippen LogP contribution in [0, 0.1) is 0 Å². The Bertz CT molecular complexity index is 483. The highest BCUT2D eigenvalue weighted by atomic mass is 35.5. The van der Waals surface area contributed by atoms with Gasteiger partial charge in [-0.2, -0.15) is 0 Å². The summed E-state index contributed by atoms with van der Waals surface area (Å²) < 4.78 is 0. The van der Waals surface area contributed by atoms with E-state index < -0.39 is 11.0 Å². The molecule has 0 radical (unpaired) electrons. The van der Waals surface area contributed by atoms with Gasteiger partial charge in [0.25, 0.3) is 0 Å². The Morgan fingerprint density at radius 1 is 1.35 bits per heavy atom. The second kappa shape index (κ2) is 3.74. The number of halogens is 1. The molecule has 3 rings (SSSR count). The number of hydrogen-bond donors (Lipinski definition) is 1. The van der Waals surface area contributed by atoms with Crippen LogP contribution in [0.1, 0.15) is 18.4 Å². The van der Waals surface area contributed by atoms with Crippen LogP contribution in [0.15, 0.2) is 35.5 Å². The monoisotopic (exact) mass is 250 g/mol. The lowest BCUT2D eigenvalue weighted by atomic mass is 10.2. The van der Waals surface area contributed by atoms with E-state index in [2.05, 4.69) is 10.5 Å². The summed E-state index contributed by atoms with van der Waals surface area (Å²) in [7, 11) is 0. The Balaban J connectivity index is 1.92. The number of alkyl halides is 1. The molecular formula is C12H11ClN2O2. The van der Waals surface area contributed by atoms with Crippen LogP contribution >= 0.6 is 11.6 Å². The Labute approximate surface area is 104 Å². The summed E-state index contributed by atoms with van der Waals surface area (Å²) in [5.41, 5.74) is 0.227. The molecule has 1 aromatic carbocycles. The van der Waals surface area contributed by atoms with Crippen molar-refractivity contribution < 1.29 is 9.63 Å². The average Bonchev–Trinajstić information content (AvgIpc) is 3.16. The molecule has 1 unspecified atom stereocenters. The quantitative estimate of drug-likeness (QED) is 0.771. The van der Waals surface area contributed by atoms with E-state index in [0.717, 1.165) is 18.4 Å². The topological polar surface area (TPSA) is 50.7 Å². The molecular weight excluding hydrogens is 240 g/mol. The van der Waals surface area contributed by atoms with Gasteiger partial charge < -0.3 is 10.2 Å². The van der Waals surface area contributed by atoms with Gasteiger partial charge in [-0.25, -0.2) is 0 Å². The lowest BCUT2D eigenvalue weighted by Gasteiger charge is -2.13. The van der Waals surface area contributed by atoms with Crippen LogP contribution in [0.4, 0.5) is 0 Å². The first kappa shape index (κ1) is 10.6. The predicted octanol–water partition coefficient (Wildman–Crippen LogP) is 1.63. The number of amidine groups is 1. The van der Waals surface area contributed by atoms with E-state index in [0.29, 0.717) is 5.84 Å². The largest absolute Gasteiger partial charge is 0.385 e. The van der Waals surface area contributed by atoms with Gasteiger partial charge >= 0.3 is 0 Å². The molecule has 0 aromatic heterocycles. The standard InChI is InChI=1S/C12H11ClN2O2/c13-9-11(16)14-10(8-4-2-1-3-5-8)15-17-12(9)6-7-12/h1-5,9H,6-7H2,(H,14,15,16). The lowest BCUT2D eigenvalue weighted by molar-refractivity contribution is -0.121. The number of hydrogen-bond acceptors (Lipinski definition) is 3. The molecule has 0 saturated heterocycles. The summed E-state index contributed by atoms with van der Waals surface area (Å²) in [4.78, 5) is 17.3. The van der Waals surface area contributed by atoms with E-state index in [1.165, 1.54) is 0 Å². The highest BCUT2D eigenvalue weighted by molar-refractivity contribution is 6.33. The Hall–Kier alpha value is -1.55. The molecule has 1 amide bonds. The zero-order valence-electron chi connectivity index (χ0n) is 9.02. The van der Waals surface area contributed by atoms with Crippen molar-refractivity contribution in [1.29, 1.82) is 0 Å². The zero-order chi connectivity index (χ0) is 11.9. The van der Waals surface area contributed by atoms with E-state index in [1.54, 1.807) is 0 Å². The maximum Gasteiger partial charge on any atom is 0.247 e. The second-order valence-corrected chi connectivity index (χ2v) is 4.75. The number of benzene rings is 1. The molecule has 88 valence electrons. The van der Waals surface area contributed by atoms with E-state index in [4.69, 9.17) is 16.4 Å². The van der Waals surface area contributed by atoms with Crippen LogP contribution in [0.2, 0.25) is 0 Å². The van der Waals surface area contributed by atoms with Gasteiger partial charge in [0.2, 0.25) is 5.91 Å². The van der Waals surface area contributed by atoms with Crippen molar-refractivity contribution >= 4 is 23.3 Å². The van der Waals surface area contributed by atoms with Crippen molar-refractivity contribution in [3.63, 3.8) is 0 Å². The van der Waals surface area contributed by atoms with Crippen molar-refractivity contribution in [3.05, 3.63) is 35.9 Å². The van der Waals surface area contributed by atoms with Gasteiger partial charge in [0.1, 0.15) is 0 Å². The molecule has 1 N–H and O–H groups in total. The Kier molecular flexibility index (Phi) is 2.33. The minimum absolute atomic E-state index is 0.246. The van der Waals surface area contributed by atoms with Crippen molar-refractivity contribution in [2.75, 3.05) is 0 Å². The number of carbonyl (C=O) groups is 1. The van der Waals surface area contributed by atoms with Crippen molar-refractivity contribution in [1.82, 2.24) is 5.32 Å². The molecule has 1 spiro atoms. The molecule has 2 aliphatic rings. The van der Waals surface area contributed by atoms with Gasteiger partial charge in [0.15, 0.2) is 16.8 Å². The summed E-state index contributed by atoms with van der Waals surface area (Å²) >= 11 is 6.07. The smallest absolute Gasteiger partial charge is 0.247 e. The van der Waals surface area contributed by atoms with Crippen LogP contribution in [-0.2, 0) is 9.63 Å². The first-order valence-electron chi connectivity index (χ1n) is 5.48. The van der Waals surface area contributed by atoms with Gasteiger partial charge in [0, 0.05) is 5.56 Å². The first-order chi connectivity index (χ1) is 8.21. The summed E-state index contributed by atoms with van der Waals surface area (Å²) in [6.45, 7) is 0. The molecule has 1 saturated carbocycles. The van der Waals surface area contributed by atoms with Gasteiger partial charge in [-0.15, -0.1) is 11.6 Å². The number of nitrogens with one attached hydrogen (secondary N) is 1. The fourth-order valence-corrected chi connectivity index (χ4v) is 2.13. The third-order valence-electron chi connectivity index (χ3n) is 3.04. The van der Waals surface area contributed by atoms with Gasteiger partial charge in [0.05, 0.1) is 0 Å². The van der Waals surface area contributed by atoms with Gasteiger partial charge in [-0.05, 0) is 12.8 Å². The molecule has 1 atom stereocenters. The van der Waals surface area contributed by atoms with E-state index >= 15 is 0 Å². The maximum atomic E-state index is 11.8. The number of nitrogens with zero attached hydrogens (tertiary/aromatic N) is 1. The van der Waals surface area contributed by atoms with E-state index in [-0.39, 0.29) is 5.91 Å². The third-order valence-corrected chi connectivity index (χ3v) is 3.64. The molecule has 1 heterocycles. The fraction of sp³-hybridized carbons (Fsp3) is 0.333. The molecule has 4 nitrogen and oxygen atoms in total. The molecule has 17 heavy (non-hydrogen) atoms. The molecule has 1 fully saturated rings. The number of amides is 1. The number of rotatable bonds is 1. The number of oxime groups is 1. The zero-order valence-corrected chi connectivity index (χ0v) is 9.78. The predicted molar refractivity (Wildman–Crippen MR) is 63.8 cm³/mol. The fourth-order valence-electron chi connectivity index (χ4n) is 1.81. The maximum absolute atomic E-state index is 11.8. The summed E-state index contributed by atoms with van der Waals surface area (Å²) in [6, 6.07) is 9.36. The highest BCUT2D eigenvalue weighted by Gasteiger charge is 2.56. The molecule has 5 heteroatoms. The van der Waals surface area contributed by atoms with Crippen LogP contribution in [0.25, 0.3) is 0 Å². The normalized spacial score (nSPS) is 25.6. The third kappa shape index (κ3) is 1.78. The average molecular weight is 251 g/mol. The lowest BCUT2D eigenvalue weighted by Crippen LogP contribution is -2.40. The SMILES string of the molecule is O=C1NC(c2ccccc2)=NOC2(CC2)C1Cl. The van der Waals surface area contributed by atoms with Crippen LogP contribution in [0.5, 0.6) is 0 Å². The summed E-state index contributed by atoms with van der Waals surface area (Å²) in [5, 5.41) is 6.03. The minimum Gasteiger partial charge on any atom is -0.385 e. The second-order valence-electron chi connectivity index (χ2n) is 4.31. The van der Waals surface area contributed by atoms with Gasteiger partial charge in [-0.3, -0.25) is 4.79 Å². The van der Waals surface area contributed by atoms with Crippen LogP contribution in [0.3, 0.4) is 0 Å². The number of carbonyl (C=O) groups excluding carboxylic acids is 1. The van der Waals surface area contributed by atoms with E-state index in [9.17, 15) is 4.79 Å². The first-order valence-corrected chi connectivity index (χ1v) is 5.91. The van der Waals surface area contributed by atoms with Crippen LogP contribution < -0.4 is 5.32 Å². The highest BCUT2D eigenvalue weighted by Crippen LogP contribution is 2.46. The van der Waals surface area contributed by atoms with E-state index in [1.807, 2.05) is 30.3 Å². The van der Waals surface area contributed by atoms with Crippen molar-refractivity contribution in [2.45, 2.75) is 23.8 Å². The summed E-state index contributed by atoms with van der Waals surface area (Å²) in [6.07, 6.45) is 1.56. The Morgan fingerprint density at radius 2 is 2.06 bits per heavy atom. The molecule has 1 aliphatic carbocycles. The van der Waals surface area contributed by atoms with Crippen molar-refractivity contribution in [3.8, 4) is 0 Å². The molecule has 1 aliphatic heterocycles. The Morgan fingerprint density at radius 3 is 2.71 bits per heavy atom. The minimum atomic E-state index is -0.674. The molecule has 1 aromatic rings. The molecule has 0 bridgehead atoms. The van der Waals surface area contributed by atoms with Gasteiger partial charge in [-0.1, -0.05) is 35.5 Å². The van der Waals surface area contributed by atoms with Crippen molar-refractivity contribution in [2.24, 2.45) is 5.16 Å².